The van der Waals surface area contributed by atoms with Gasteiger partial charge in [0.1, 0.15) is 23.1 Å². The number of rotatable bonds is 7. The first-order valence-electron chi connectivity index (χ1n) is 8.09. The third-order valence-electron chi connectivity index (χ3n) is 4.32. The van der Waals surface area contributed by atoms with Crippen LogP contribution in [0.25, 0.3) is 0 Å². The van der Waals surface area contributed by atoms with Gasteiger partial charge in [0.05, 0.1) is 9.92 Å². The van der Waals surface area contributed by atoms with Crippen molar-refractivity contribution in [2.45, 2.75) is 23.3 Å². The number of hydrogen-bond donors (Lipinski definition) is 2. The summed E-state index contributed by atoms with van der Waals surface area (Å²) in [6.07, 6.45) is 1.97. The zero-order chi connectivity index (χ0) is 19.6. The minimum Gasteiger partial charge on any atom is -0.487 e. The first-order chi connectivity index (χ1) is 12.9. The van der Waals surface area contributed by atoms with E-state index in [-0.39, 0.29) is 40.1 Å². The number of carbonyl (C=O) groups is 1. The molecule has 0 spiro atoms. The number of nitrogens with one attached hydrogen (secondary N) is 1. The lowest BCUT2D eigenvalue weighted by Gasteiger charge is -2.25. The highest BCUT2D eigenvalue weighted by Gasteiger charge is 2.45. The highest BCUT2D eigenvalue weighted by atomic mass is 35.5. The van der Waals surface area contributed by atoms with Crippen LogP contribution in [0.4, 0.5) is 0 Å². The van der Waals surface area contributed by atoms with Crippen molar-refractivity contribution in [3.05, 3.63) is 70.2 Å². The van der Waals surface area contributed by atoms with E-state index in [1.54, 1.807) is 0 Å². The maximum Gasteiger partial charge on any atom is 0.325 e. The zero-order valence-electron chi connectivity index (χ0n) is 14.2. The summed E-state index contributed by atoms with van der Waals surface area (Å²) in [4.78, 5) is 12.2. The molecule has 0 fully saturated rings. The van der Waals surface area contributed by atoms with Crippen LogP contribution in [0.5, 0.6) is 5.75 Å². The van der Waals surface area contributed by atoms with Gasteiger partial charge in [0.15, 0.2) is 5.75 Å². The van der Waals surface area contributed by atoms with E-state index in [1.807, 2.05) is 24.3 Å². The summed E-state index contributed by atoms with van der Waals surface area (Å²) in [5.74, 6) is -0.892. The molecule has 0 aliphatic heterocycles. The van der Waals surface area contributed by atoms with Crippen LogP contribution < -0.4 is 9.46 Å². The number of aliphatic carboxylic acids is 1. The largest absolute Gasteiger partial charge is 0.487 e. The summed E-state index contributed by atoms with van der Waals surface area (Å²) in [7, 11) is -1.92. The molecule has 2 N–H and O–H groups in total. The van der Waals surface area contributed by atoms with Gasteiger partial charge in [-0.1, -0.05) is 60.1 Å². The molecule has 3 rings (SSSR count). The highest BCUT2D eigenvalue weighted by Crippen LogP contribution is 2.36. The maximum absolute atomic E-state index is 13.1. The van der Waals surface area contributed by atoms with Gasteiger partial charge in [-0.05, 0) is 23.3 Å². The normalized spacial score (nSPS) is 15.8. The van der Waals surface area contributed by atoms with Gasteiger partial charge in [-0.3, -0.25) is 4.79 Å². The van der Waals surface area contributed by atoms with E-state index < -0.39 is 22.5 Å². The van der Waals surface area contributed by atoms with E-state index in [0.717, 1.165) is 11.1 Å². The van der Waals surface area contributed by atoms with Crippen LogP contribution in [0.1, 0.15) is 11.1 Å². The molecule has 0 saturated carbocycles. The Balaban J connectivity index is 1.94. The topological polar surface area (TPSA) is 75.6 Å². The van der Waals surface area contributed by atoms with Crippen LogP contribution in [0.2, 0.25) is 10.0 Å². The molecule has 0 heterocycles. The lowest BCUT2D eigenvalue weighted by atomic mass is 9.98. The van der Waals surface area contributed by atoms with Crippen molar-refractivity contribution < 1.29 is 18.8 Å². The molecule has 1 aliphatic rings. The average molecular weight is 426 g/mol. The number of benzene rings is 2. The molecule has 0 aromatic heterocycles. The fraction of sp³-hybridized carbons (Fsp3) is 0.211. The monoisotopic (exact) mass is 425 g/mol. The molecule has 27 heavy (non-hydrogen) atoms. The van der Waals surface area contributed by atoms with Crippen molar-refractivity contribution in [3.8, 4) is 5.75 Å². The number of carboxylic acids is 1. The van der Waals surface area contributed by atoms with Crippen molar-refractivity contribution in [1.82, 2.24) is 4.72 Å². The Morgan fingerprint density at radius 2 is 1.93 bits per heavy atom. The van der Waals surface area contributed by atoms with E-state index in [9.17, 15) is 14.1 Å². The molecule has 0 bridgehead atoms. The van der Waals surface area contributed by atoms with Gasteiger partial charge in [0, 0.05) is 17.9 Å². The van der Waals surface area contributed by atoms with E-state index in [4.69, 9.17) is 27.9 Å². The smallest absolute Gasteiger partial charge is 0.325 e. The second-order valence-corrected chi connectivity index (χ2v) is 8.22. The summed E-state index contributed by atoms with van der Waals surface area (Å²) in [5.41, 5.74) is 0.437. The lowest BCUT2D eigenvalue weighted by molar-refractivity contribution is -0.143. The number of hydrogen-bond acceptors (Lipinski definition) is 3. The summed E-state index contributed by atoms with van der Waals surface area (Å²) in [6.45, 7) is 3.73. The number of halogens is 2. The molecule has 2 aromatic carbocycles. The van der Waals surface area contributed by atoms with E-state index in [2.05, 4.69) is 11.3 Å². The quantitative estimate of drug-likeness (QED) is 0.661. The third-order valence-corrected chi connectivity index (χ3v) is 6.10. The van der Waals surface area contributed by atoms with Crippen molar-refractivity contribution in [3.63, 3.8) is 0 Å². The van der Waals surface area contributed by atoms with E-state index in [1.165, 1.54) is 18.2 Å². The molecule has 1 aliphatic carbocycles. The van der Waals surface area contributed by atoms with Crippen molar-refractivity contribution in [1.29, 1.82) is 0 Å². The van der Waals surface area contributed by atoms with E-state index in [0.29, 0.717) is 0 Å². The fourth-order valence-corrected chi connectivity index (χ4v) is 5.01. The lowest BCUT2D eigenvalue weighted by Crippen LogP contribution is -2.53. The molecule has 5 nitrogen and oxygen atoms in total. The number of fused-ring (bicyclic) bond motifs is 1. The van der Waals surface area contributed by atoms with E-state index >= 15 is 0 Å². The predicted octanol–water partition coefficient (Wildman–Crippen LogP) is 3.79. The average Bonchev–Trinajstić information content (AvgIpc) is 2.99. The molecule has 2 aromatic rings. The Labute approximate surface area is 169 Å². The second-order valence-electron chi connectivity index (χ2n) is 6.19. The van der Waals surface area contributed by atoms with Crippen LogP contribution in [0.15, 0.2) is 53.9 Å². The molecule has 0 saturated heterocycles. The third kappa shape index (κ3) is 4.04. The first kappa shape index (κ1) is 19.9. The van der Waals surface area contributed by atoms with Crippen LogP contribution in [-0.4, -0.2) is 27.4 Å². The van der Waals surface area contributed by atoms with Crippen molar-refractivity contribution in [2.75, 3.05) is 6.61 Å². The summed E-state index contributed by atoms with van der Waals surface area (Å²) in [6, 6.07) is 10.4. The Kier molecular flexibility index (Phi) is 5.91. The van der Waals surface area contributed by atoms with Gasteiger partial charge in [-0.25, -0.2) is 8.93 Å². The maximum atomic E-state index is 13.1. The molecular formula is C19H17Cl2NO4S. The molecular weight excluding hydrogens is 409 g/mol. The van der Waals surface area contributed by atoms with Crippen LogP contribution in [0, 0.1) is 0 Å². The predicted molar refractivity (Wildman–Crippen MR) is 106 cm³/mol. The van der Waals surface area contributed by atoms with Gasteiger partial charge in [-0.15, -0.1) is 0 Å². The fourth-order valence-electron chi connectivity index (χ4n) is 3.07. The summed E-state index contributed by atoms with van der Waals surface area (Å²) >= 11 is 12.2. The number of ether oxygens (including phenoxy) is 1. The molecule has 0 radical (unpaired) electrons. The van der Waals surface area contributed by atoms with Gasteiger partial charge in [0.2, 0.25) is 0 Å². The highest BCUT2D eigenvalue weighted by molar-refractivity contribution is 7.83. The molecule has 1 unspecified atom stereocenters. The van der Waals surface area contributed by atoms with Crippen molar-refractivity contribution in [2.24, 2.45) is 0 Å². The first-order valence-corrected chi connectivity index (χ1v) is 9.99. The SMILES string of the molecule is C=CCOc1c(Cl)cc(Cl)cc1S(=O)NC1(C(=O)O)Cc2ccccc2C1. The van der Waals surface area contributed by atoms with Crippen LogP contribution in [-0.2, 0) is 28.6 Å². The summed E-state index contributed by atoms with van der Waals surface area (Å²) < 4.78 is 21.4. The van der Waals surface area contributed by atoms with Gasteiger partial charge in [0.25, 0.3) is 0 Å². The zero-order valence-corrected chi connectivity index (χ0v) is 16.5. The van der Waals surface area contributed by atoms with Crippen molar-refractivity contribution >= 4 is 40.2 Å². The minimum atomic E-state index is -1.92. The molecule has 1 atom stereocenters. The van der Waals surface area contributed by atoms with Crippen LogP contribution in [0.3, 0.4) is 0 Å². The Hall–Kier alpha value is -1.86. The molecule has 0 amide bonds. The molecule has 8 heteroatoms. The second kappa shape index (κ2) is 8.02. The minimum absolute atomic E-state index is 0.154. The Morgan fingerprint density at radius 3 is 2.48 bits per heavy atom. The van der Waals surface area contributed by atoms with Gasteiger partial charge < -0.3 is 9.84 Å². The standard InChI is InChI=1S/C19H17Cl2NO4S/c1-2-7-26-17-15(21)8-14(20)9-16(17)27(25)22-19(18(23)24)10-12-5-3-4-6-13(12)11-19/h2-6,8-9,22H,1,7,10-11H2,(H,23,24). The van der Waals surface area contributed by atoms with Gasteiger partial charge >= 0.3 is 5.97 Å². The Bertz CT molecular complexity index is 907. The summed E-state index contributed by atoms with van der Waals surface area (Å²) in [5, 5.41) is 10.3. The molecule has 142 valence electrons. The van der Waals surface area contributed by atoms with Gasteiger partial charge in [-0.2, -0.15) is 0 Å². The van der Waals surface area contributed by atoms with Crippen LogP contribution >= 0.6 is 23.2 Å². The Morgan fingerprint density at radius 1 is 1.30 bits per heavy atom. The number of carboxylic acid groups (broad SMARTS) is 1.